The van der Waals surface area contributed by atoms with Crippen molar-refractivity contribution in [3.05, 3.63) is 18.0 Å². The van der Waals surface area contributed by atoms with Crippen LogP contribution in [0.1, 0.15) is 16.9 Å². The van der Waals surface area contributed by atoms with Crippen LogP contribution >= 0.6 is 0 Å². The van der Waals surface area contributed by atoms with Crippen molar-refractivity contribution in [3.8, 4) is 0 Å². The zero-order chi connectivity index (χ0) is 12.3. The van der Waals surface area contributed by atoms with E-state index in [0.717, 1.165) is 0 Å². The Morgan fingerprint density at radius 2 is 2.41 bits per heavy atom. The predicted molar refractivity (Wildman–Crippen MR) is 54.4 cm³/mol. The van der Waals surface area contributed by atoms with Gasteiger partial charge in [0.05, 0.1) is 25.7 Å². The molecular formula is C10H12N2O5. The van der Waals surface area contributed by atoms with Crippen molar-refractivity contribution in [1.29, 1.82) is 0 Å². The third-order valence-electron chi connectivity index (χ3n) is 2.56. The molecule has 7 nitrogen and oxygen atoms in total. The van der Waals surface area contributed by atoms with E-state index in [2.05, 4.69) is 9.68 Å². The first kappa shape index (κ1) is 11.6. The standard InChI is InChI=1S/C10H12N2O5/c13-9(14)5-7-6-16-4-2-12(7)10(15)8-1-3-17-11-8/h1,3,7H,2,4-6H2,(H,13,14). The minimum atomic E-state index is -0.960. The second-order valence-electron chi connectivity index (χ2n) is 3.71. The fourth-order valence-corrected chi connectivity index (χ4v) is 1.76. The lowest BCUT2D eigenvalue weighted by Gasteiger charge is -2.34. The number of nitrogens with zero attached hydrogens (tertiary/aromatic N) is 2. The summed E-state index contributed by atoms with van der Waals surface area (Å²) in [7, 11) is 0. The molecule has 0 bridgehead atoms. The van der Waals surface area contributed by atoms with Gasteiger partial charge in [-0.25, -0.2) is 0 Å². The molecule has 2 rings (SSSR count). The first-order valence-corrected chi connectivity index (χ1v) is 5.19. The van der Waals surface area contributed by atoms with Crippen LogP contribution in [0.3, 0.4) is 0 Å². The summed E-state index contributed by atoms with van der Waals surface area (Å²) in [6.45, 7) is 0.999. The number of aromatic nitrogens is 1. The second-order valence-corrected chi connectivity index (χ2v) is 3.71. The Hall–Kier alpha value is -1.89. The number of hydrogen-bond donors (Lipinski definition) is 1. The Balaban J connectivity index is 2.10. The van der Waals surface area contributed by atoms with E-state index in [4.69, 9.17) is 9.84 Å². The van der Waals surface area contributed by atoms with Crippen LogP contribution in [0.4, 0.5) is 0 Å². The van der Waals surface area contributed by atoms with Gasteiger partial charge in [-0.1, -0.05) is 5.16 Å². The van der Waals surface area contributed by atoms with E-state index < -0.39 is 12.0 Å². The number of hydrogen-bond acceptors (Lipinski definition) is 5. The van der Waals surface area contributed by atoms with Crippen LogP contribution in [0.15, 0.2) is 16.9 Å². The Bertz CT molecular complexity index is 403. The molecule has 1 saturated heterocycles. The third kappa shape index (κ3) is 2.62. The molecule has 1 aliphatic heterocycles. The fourth-order valence-electron chi connectivity index (χ4n) is 1.76. The average molecular weight is 240 g/mol. The van der Waals surface area contributed by atoms with Crippen molar-refractivity contribution >= 4 is 11.9 Å². The van der Waals surface area contributed by atoms with Crippen LogP contribution in [0, 0.1) is 0 Å². The van der Waals surface area contributed by atoms with E-state index in [1.54, 1.807) is 0 Å². The molecular weight excluding hydrogens is 228 g/mol. The summed E-state index contributed by atoms with van der Waals surface area (Å²) >= 11 is 0. The minimum Gasteiger partial charge on any atom is -0.481 e. The lowest BCUT2D eigenvalue weighted by Crippen LogP contribution is -2.49. The molecule has 1 fully saturated rings. The number of carbonyl (C=O) groups is 2. The SMILES string of the molecule is O=C(O)CC1COCCN1C(=O)c1ccon1. The van der Waals surface area contributed by atoms with Gasteiger partial charge in [0.25, 0.3) is 5.91 Å². The molecule has 7 heteroatoms. The number of rotatable bonds is 3. The van der Waals surface area contributed by atoms with E-state index >= 15 is 0 Å². The highest BCUT2D eigenvalue weighted by Crippen LogP contribution is 2.14. The molecule has 1 aromatic rings. The first-order valence-electron chi connectivity index (χ1n) is 5.19. The van der Waals surface area contributed by atoms with Crippen molar-refractivity contribution in [1.82, 2.24) is 10.1 Å². The van der Waals surface area contributed by atoms with E-state index in [-0.39, 0.29) is 24.6 Å². The smallest absolute Gasteiger partial charge is 0.305 e. The summed E-state index contributed by atoms with van der Waals surface area (Å²) in [4.78, 5) is 24.2. The maximum absolute atomic E-state index is 12.0. The Morgan fingerprint density at radius 3 is 3.06 bits per heavy atom. The summed E-state index contributed by atoms with van der Waals surface area (Å²) < 4.78 is 9.78. The van der Waals surface area contributed by atoms with Crippen molar-refractivity contribution in [2.45, 2.75) is 12.5 Å². The van der Waals surface area contributed by atoms with Gasteiger partial charge in [0.2, 0.25) is 0 Å². The van der Waals surface area contributed by atoms with Crippen molar-refractivity contribution in [2.24, 2.45) is 0 Å². The molecule has 1 amide bonds. The van der Waals surface area contributed by atoms with Gasteiger partial charge in [-0.2, -0.15) is 0 Å². The fraction of sp³-hybridized carbons (Fsp3) is 0.500. The Morgan fingerprint density at radius 1 is 1.59 bits per heavy atom. The number of amides is 1. The minimum absolute atomic E-state index is 0.135. The first-order chi connectivity index (χ1) is 8.18. The van der Waals surface area contributed by atoms with Crippen LogP contribution in [0.2, 0.25) is 0 Å². The van der Waals surface area contributed by atoms with Crippen LogP contribution < -0.4 is 0 Å². The highest BCUT2D eigenvalue weighted by Gasteiger charge is 2.30. The van der Waals surface area contributed by atoms with Crippen molar-refractivity contribution < 1.29 is 24.0 Å². The second kappa shape index (κ2) is 4.96. The summed E-state index contributed by atoms with van der Waals surface area (Å²) in [6.07, 6.45) is 1.17. The monoisotopic (exact) mass is 240 g/mol. The highest BCUT2D eigenvalue weighted by atomic mass is 16.5. The normalized spacial score (nSPS) is 20.2. The molecule has 1 aromatic heterocycles. The zero-order valence-corrected chi connectivity index (χ0v) is 9.04. The van der Waals surface area contributed by atoms with E-state index in [9.17, 15) is 9.59 Å². The Kier molecular flexibility index (Phi) is 3.38. The highest BCUT2D eigenvalue weighted by molar-refractivity contribution is 5.92. The van der Waals surface area contributed by atoms with Gasteiger partial charge in [0.15, 0.2) is 5.69 Å². The molecule has 0 aliphatic carbocycles. The molecule has 1 atom stereocenters. The van der Waals surface area contributed by atoms with E-state index in [1.807, 2.05) is 0 Å². The molecule has 0 radical (unpaired) electrons. The lowest BCUT2D eigenvalue weighted by atomic mass is 10.1. The topological polar surface area (TPSA) is 92.9 Å². The van der Waals surface area contributed by atoms with Gasteiger partial charge < -0.3 is 19.3 Å². The van der Waals surface area contributed by atoms with Crippen molar-refractivity contribution in [2.75, 3.05) is 19.8 Å². The lowest BCUT2D eigenvalue weighted by molar-refractivity contribution is -0.139. The van der Waals surface area contributed by atoms with Gasteiger partial charge in [-0.3, -0.25) is 9.59 Å². The van der Waals surface area contributed by atoms with Gasteiger partial charge in [0.1, 0.15) is 6.26 Å². The van der Waals surface area contributed by atoms with Crippen LogP contribution in [-0.4, -0.2) is 52.8 Å². The molecule has 0 spiro atoms. The maximum Gasteiger partial charge on any atom is 0.305 e. The van der Waals surface area contributed by atoms with Gasteiger partial charge >= 0.3 is 5.97 Å². The summed E-state index contributed by atoms with van der Waals surface area (Å²) in [6, 6.07) is 1.00. The van der Waals surface area contributed by atoms with E-state index in [1.165, 1.54) is 17.2 Å². The number of carboxylic acid groups (broad SMARTS) is 1. The molecule has 1 N–H and O–H groups in total. The van der Waals surface area contributed by atoms with Crippen LogP contribution in [-0.2, 0) is 9.53 Å². The predicted octanol–water partition coefficient (Wildman–Crippen LogP) is -0.00970. The molecule has 0 saturated carbocycles. The quantitative estimate of drug-likeness (QED) is 0.798. The van der Waals surface area contributed by atoms with Gasteiger partial charge in [0, 0.05) is 12.6 Å². The number of morpholine rings is 1. The maximum atomic E-state index is 12.0. The number of aliphatic carboxylic acids is 1. The third-order valence-corrected chi connectivity index (χ3v) is 2.56. The largest absolute Gasteiger partial charge is 0.481 e. The molecule has 1 unspecified atom stereocenters. The summed E-state index contributed by atoms with van der Waals surface area (Å²) in [5.41, 5.74) is 0.183. The number of carboxylic acids is 1. The van der Waals surface area contributed by atoms with E-state index in [0.29, 0.717) is 13.2 Å². The molecule has 1 aliphatic rings. The number of ether oxygens (including phenoxy) is 1. The number of carbonyl (C=O) groups excluding carboxylic acids is 1. The van der Waals surface area contributed by atoms with Gasteiger partial charge in [-0.05, 0) is 0 Å². The Labute approximate surface area is 96.9 Å². The van der Waals surface area contributed by atoms with Gasteiger partial charge in [-0.15, -0.1) is 0 Å². The molecule has 0 aromatic carbocycles. The van der Waals surface area contributed by atoms with Crippen LogP contribution in [0.25, 0.3) is 0 Å². The molecule has 2 heterocycles. The van der Waals surface area contributed by atoms with Crippen molar-refractivity contribution in [3.63, 3.8) is 0 Å². The molecule has 17 heavy (non-hydrogen) atoms. The van der Waals surface area contributed by atoms with Crippen LogP contribution in [0.5, 0.6) is 0 Å². The zero-order valence-electron chi connectivity index (χ0n) is 9.04. The summed E-state index contributed by atoms with van der Waals surface area (Å²) in [5, 5.41) is 12.3. The molecule has 92 valence electrons. The summed E-state index contributed by atoms with van der Waals surface area (Å²) in [5.74, 6) is -1.29. The average Bonchev–Trinajstić information content (AvgIpc) is 2.81.